The third-order valence-corrected chi connectivity index (χ3v) is 4.49. The van der Waals surface area contributed by atoms with Gasteiger partial charge in [0.2, 0.25) is 5.91 Å². The molecule has 2 aliphatic rings. The zero-order chi connectivity index (χ0) is 18.0. The van der Waals surface area contributed by atoms with Crippen molar-refractivity contribution < 1.29 is 24.4 Å². The second-order valence-electron chi connectivity index (χ2n) is 7.57. The summed E-state index contributed by atoms with van der Waals surface area (Å²) in [6, 6.07) is 0. The fourth-order valence-corrected chi connectivity index (χ4v) is 3.22. The summed E-state index contributed by atoms with van der Waals surface area (Å²) >= 11 is 0. The molecule has 0 aromatic heterocycles. The largest absolute Gasteiger partial charge is 0.475 e. The molecular weight excluding hydrogens is 313 g/mol. The first-order valence-corrected chi connectivity index (χ1v) is 8.49. The molecule has 2 aliphatic heterocycles. The maximum absolute atomic E-state index is 12.6. The molecule has 8 nitrogen and oxygen atoms in total. The molecule has 4 N–H and O–H groups in total. The maximum atomic E-state index is 12.6. The number of esters is 1. The van der Waals surface area contributed by atoms with Crippen LogP contribution < -0.4 is 10.6 Å². The molecule has 2 fully saturated rings. The minimum Gasteiger partial charge on any atom is -0.459 e. The molecule has 0 aliphatic carbocycles. The van der Waals surface area contributed by atoms with Gasteiger partial charge < -0.3 is 25.0 Å². The van der Waals surface area contributed by atoms with E-state index < -0.39 is 24.2 Å². The number of rotatable bonds is 5. The molecular formula is C15H28BN3O5. The Bertz CT molecular complexity index is 474. The van der Waals surface area contributed by atoms with Crippen LogP contribution in [0.3, 0.4) is 0 Å². The Morgan fingerprint density at radius 1 is 1.42 bits per heavy atom. The first-order valence-electron chi connectivity index (χ1n) is 8.49. The number of likely N-dealkylation sites (tertiary alicyclic amines) is 1. The maximum Gasteiger partial charge on any atom is 0.475 e. The molecule has 136 valence electrons. The Kier molecular flexibility index (Phi) is 5.90. The van der Waals surface area contributed by atoms with E-state index in [1.807, 2.05) is 20.8 Å². The lowest BCUT2D eigenvalue weighted by Crippen LogP contribution is -2.59. The number of ether oxygens (including phenoxy) is 1. The second kappa shape index (κ2) is 7.39. The molecule has 2 atom stereocenters. The molecule has 2 heterocycles. The summed E-state index contributed by atoms with van der Waals surface area (Å²) in [5, 5.41) is 24.9. The number of amides is 1. The van der Waals surface area contributed by atoms with Crippen molar-refractivity contribution in [3.05, 3.63) is 0 Å². The van der Waals surface area contributed by atoms with E-state index in [0.717, 1.165) is 6.42 Å². The van der Waals surface area contributed by atoms with E-state index >= 15 is 0 Å². The molecule has 0 saturated carbocycles. The van der Waals surface area contributed by atoms with Gasteiger partial charge in [0.25, 0.3) is 0 Å². The third-order valence-electron chi connectivity index (χ3n) is 4.49. The van der Waals surface area contributed by atoms with Crippen LogP contribution in [0.4, 0.5) is 0 Å². The molecule has 1 unspecified atom stereocenters. The summed E-state index contributed by atoms with van der Waals surface area (Å²) in [6.07, 6.45) is 1.86. The second-order valence-corrected chi connectivity index (χ2v) is 7.57. The highest BCUT2D eigenvalue weighted by molar-refractivity contribution is 6.43. The van der Waals surface area contributed by atoms with Gasteiger partial charge >= 0.3 is 13.1 Å². The first kappa shape index (κ1) is 19.2. The van der Waals surface area contributed by atoms with Crippen LogP contribution >= 0.6 is 0 Å². The average molecular weight is 341 g/mol. The van der Waals surface area contributed by atoms with Crippen LogP contribution in [0.2, 0.25) is 0 Å². The van der Waals surface area contributed by atoms with E-state index in [2.05, 4.69) is 10.6 Å². The lowest BCUT2D eigenvalue weighted by molar-refractivity contribution is -0.162. The number of hydrogen-bond acceptors (Lipinski definition) is 7. The van der Waals surface area contributed by atoms with Crippen molar-refractivity contribution in [2.24, 2.45) is 0 Å². The van der Waals surface area contributed by atoms with Crippen LogP contribution in [0.25, 0.3) is 0 Å². The van der Waals surface area contributed by atoms with Crippen molar-refractivity contribution in [2.75, 3.05) is 26.2 Å². The topological polar surface area (TPSA) is 111 Å². The first-order chi connectivity index (χ1) is 11.1. The monoisotopic (exact) mass is 341 g/mol. The van der Waals surface area contributed by atoms with E-state index in [0.29, 0.717) is 32.5 Å². The Morgan fingerprint density at radius 2 is 2.12 bits per heavy atom. The zero-order valence-corrected chi connectivity index (χ0v) is 14.7. The summed E-state index contributed by atoms with van der Waals surface area (Å²) in [6.45, 7) is 6.96. The summed E-state index contributed by atoms with van der Waals surface area (Å²) < 4.78 is 5.50. The smallest absolute Gasteiger partial charge is 0.459 e. The molecule has 0 spiro atoms. The Labute approximate surface area is 143 Å². The predicted molar refractivity (Wildman–Crippen MR) is 89.0 cm³/mol. The number of hydrogen-bond donors (Lipinski definition) is 4. The predicted octanol–water partition coefficient (Wildman–Crippen LogP) is -1.35. The van der Waals surface area contributed by atoms with Gasteiger partial charge in [0.1, 0.15) is 11.1 Å². The fraction of sp³-hybridized carbons (Fsp3) is 0.867. The molecule has 0 aromatic carbocycles. The van der Waals surface area contributed by atoms with Gasteiger partial charge in [0.15, 0.2) is 0 Å². The summed E-state index contributed by atoms with van der Waals surface area (Å²) in [5.74, 6) is -1.17. The number of nitrogens with zero attached hydrogens (tertiary/aromatic N) is 1. The van der Waals surface area contributed by atoms with E-state index in [1.54, 1.807) is 0 Å². The molecule has 0 radical (unpaired) electrons. The summed E-state index contributed by atoms with van der Waals surface area (Å²) in [5.41, 5.74) is -1.52. The van der Waals surface area contributed by atoms with Crippen LogP contribution in [-0.4, -0.2) is 77.2 Å². The normalized spacial score (nSPS) is 27.4. The minimum atomic E-state index is -1.54. The zero-order valence-electron chi connectivity index (χ0n) is 14.7. The standard InChI is InChI=1S/C15H28BN3O5/c1-14(2,3)24-13(21)15(6-7-17-10-15)18-9-12(20)19-8-4-5-11(19)16(22)23/h11,17-18,22-23H,4-10H2,1-3H3/t11-,15?/m0/s1. The number of nitrogens with one attached hydrogen (secondary N) is 2. The van der Waals surface area contributed by atoms with Crippen LogP contribution in [0.5, 0.6) is 0 Å². The van der Waals surface area contributed by atoms with Crippen molar-refractivity contribution in [3.63, 3.8) is 0 Å². The van der Waals surface area contributed by atoms with Gasteiger partial charge in [-0.3, -0.25) is 10.1 Å². The van der Waals surface area contributed by atoms with Gasteiger partial charge in [-0.1, -0.05) is 0 Å². The lowest BCUT2D eigenvalue weighted by atomic mass is 9.78. The van der Waals surface area contributed by atoms with Crippen molar-refractivity contribution in [3.8, 4) is 0 Å². The fourth-order valence-electron chi connectivity index (χ4n) is 3.22. The Balaban J connectivity index is 1.99. The minimum absolute atomic E-state index is 0.0376. The van der Waals surface area contributed by atoms with Gasteiger partial charge in [-0.05, 0) is 46.6 Å². The highest BCUT2D eigenvalue weighted by Crippen LogP contribution is 2.22. The quantitative estimate of drug-likeness (QED) is 0.362. The lowest BCUT2D eigenvalue weighted by Gasteiger charge is -2.32. The molecule has 2 rings (SSSR count). The van der Waals surface area contributed by atoms with E-state index in [4.69, 9.17) is 4.74 Å². The van der Waals surface area contributed by atoms with Crippen molar-refractivity contribution in [1.29, 1.82) is 0 Å². The van der Waals surface area contributed by atoms with E-state index in [-0.39, 0.29) is 18.4 Å². The number of carbonyl (C=O) groups excluding carboxylic acids is 2. The van der Waals surface area contributed by atoms with Crippen molar-refractivity contribution in [2.45, 2.75) is 57.1 Å². The third kappa shape index (κ3) is 4.47. The van der Waals surface area contributed by atoms with E-state index in [1.165, 1.54) is 4.90 Å². The summed E-state index contributed by atoms with van der Waals surface area (Å²) in [4.78, 5) is 26.5. The van der Waals surface area contributed by atoms with Gasteiger partial charge in [0.05, 0.1) is 12.5 Å². The molecule has 1 amide bonds. The Morgan fingerprint density at radius 3 is 2.67 bits per heavy atom. The SMILES string of the molecule is CC(C)(C)OC(=O)C1(NCC(=O)N2CCC[C@H]2B(O)O)CCNC1. The van der Waals surface area contributed by atoms with Crippen molar-refractivity contribution in [1.82, 2.24) is 15.5 Å². The molecule has 0 aromatic rings. The van der Waals surface area contributed by atoms with Crippen LogP contribution in [0, 0.1) is 0 Å². The van der Waals surface area contributed by atoms with Crippen LogP contribution in [0.1, 0.15) is 40.0 Å². The van der Waals surface area contributed by atoms with Gasteiger partial charge in [-0.2, -0.15) is 0 Å². The summed E-state index contributed by atoms with van der Waals surface area (Å²) in [7, 11) is -1.54. The Hall–Kier alpha value is -1.16. The molecule has 2 saturated heterocycles. The van der Waals surface area contributed by atoms with Crippen LogP contribution in [-0.2, 0) is 14.3 Å². The van der Waals surface area contributed by atoms with Gasteiger partial charge in [-0.25, -0.2) is 4.79 Å². The van der Waals surface area contributed by atoms with E-state index in [9.17, 15) is 19.6 Å². The highest BCUT2D eigenvalue weighted by atomic mass is 16.6. The molecule has 24 heavy (non-hydrogen) atoms. The van der Waals surface area contributed by atoms with Gasteiger partial charge in [-0.15, -0.1) is 0 Å². The molecule has 9 heteroatoms. The average Bonchev–Trinajstić information content (AvgIpc) is 3.13. The molecule has 0 bridgehead atoms. The van der Waals surface area contributed by atoms with Gasteiger partial charge in [0, 0.05) is 13.1 Å². The highest BCUT2D eigenvalue weighted by Gasteiger charge is 2.45. The van der Waals surface area contributed by atoms with Crippen LogP contribution in [0.15, 0.2) is 0 Å². The number of carbonyl (C=O) groups is 2. The van der Waals surface area contributed by atoms with Crippen molar-refractivity contribution >= 4 is 19.0 Å².